The summed E-state index contributed by atoms with van der Waals surface area (Å²) in [7, 11) is 0. The summed E-state index contributed by atoms with van der Waals surface area (Å²) in [5, 5.41) is 3.48. The average molecular weight is 272 g/mol. The van der Waals surface area contributed by atoms with Crippen LogP contribution in [0.2, 0.25) is 0 Å². The number of ether oxygens (including phenoxy) is 1. The molecule has 3 nitrogen and oxygen atoms in total. The first kappa shape index (κ1) is 14.5. The van der Waals surface area contributed by atoms with Gasteiger partial charge >= 0.3 is 0 Å². The molecule has 1 aromatic heterocycles. The summed E-state index contributed by atoms with van der Waals surface area (Å²) in [5.74, 6) is 0.946. The third kappa shape index (κ3) is 3.56. The maximum absolute atomic E-state index is 5.82. The Balaban J connectivity index is 2.08. The van der Waals surface area contributed by atoms with Gasteiger partial charge in [0, 0.05) is 18.4 Å². The molecule has 1 N–H and O–H groups in total. The van der Waals surface area contributed by atoms with Gasteiger partial charge in [-0.25, -0.2) is 0 Å². The number of hydrogen-bond acceptors (Lipinski definition) is 2. The van der Waals surface area contributed by atoms with Crippen molar-refractivity contribution < 1.29 is 4.74 Å². The molecule has 0 atom stereocenters. The minimum Gasteiger partial charge on any atom is -0.491 e. The van der Waals surface area contributed by atoms with Gasteiger partial charge in [-0.3, -0.25) is 0 Å². The van der Waals surface area contributed by atoms with E-state index in [4.69, 9.17) is 4.74 Å². The number of aryl methyl sites for hydroxylation is 2. The van der Waals surface area contributed by atoms with E-state index in [1.54, 1.807) is 0 Å². The predicted octanol–water partition coefficient (Wildman–Crippen LogP) is 4.22. The van der Waals surface area contributed by atoms with Crippen LogP contribution in [0.3, 0.4) is 0 Å². The number of benzene rings is 1. The van der Waals surface area contributed by atoms with Crippen LogP contribution in [0.4, 0.5) is 5.69 Å². The number of nitrogens with one attached hydrogen (secondary N) is 1. The van der Waals surface area contributed by atoms with E-state index >= 15 is 0 Å². The maximum Gasteiger partial charge on any atom is 0.142 e. The van der Waals surface area contributed by atoms with Crippen molar-refractivity contribution in [2.24, 2.45) is 0 Å². The third-order valence-corrected chi connectivity index (χ3v) is 3.32. The molecule has 0 amide bonds. The molecule has 0 aliphatic rings. The van der Waals surface area contributed by atoms with Crippen LogP contribution in [0.1, 0.15) is 31.5 Å². The van der Waals surface area contributed by atoms with Crippen molar-refractivity contribution in [3.05, 3.63) is 47.8 Å². The SMILES string of the molecule is CCCOc1cc(C)ccc1NCc1cccn1CC. The van der Waals surface area contributed by atoms with Gasteiger partial charge in [0.05, 0.1) is 18.8 Å². The van der Waals surface area contributed by atoms with E-state index < -0.39 is 0 Å². The standard InChI is InChI=1S/C17H24N2O/c1-4-11-20-17-12-14(3)8-9-16(17)18-13-15-7-6-10-19(15)5-2/h6-10,12,18H,4-5,11,13H2,1-3H3. The van der Waals surface area contributed by atoms with E-state index in [1.807, 2.05) is 0 Å². The van der Waals surface area contributed by atoms with Crippen molar-refractivity contribution in [3.63, 3.8) is 0 Å². The zero-order valence-electron chi connectivity index (χ0n) is 12.6. The summed E-state index contributed by atoms with van der Waals surface area (Å²) in [6.45, 7) is 8.93. The third-order valence-electron chi connectivity index (χ3n) is 3.32. The summed E-state index contributed by atoms with van der Waals surface area (Å²) in [4.78, 5) is 0. The fourth-order valence-electron chi connectivity index (χ4n) is 2.21. The topological polar surface area (TPSA) is 26.2 Å². The molecule has 2 rings (SSSR count). The van der Waals surface area contributed by atoms with E-state index in [1.165, 1.54) is 11.3 Å². The molecular formula is C17H24N2O. The normalized spacial score (nSPS) is 10.6. The highest BCUT2D eigenvalue weighted by molar-refractivity contribution is 5.57. The van der Waals surface area contributed by atoms with E-state index in [2.05, 4.69) is 67.2 Å². The molecule has 2 aromatic rings. The van der Waals surface area contributed by atoms with Gasteiger partial charge in [-0.05, 0) is 50.1 Å². The largest absolute Gasteiger partial charge is 0.491 e. The first-order chi connectivity index (χ1) is 9.74. The van der Waals surface area contributed by atoms with Crippen LogP contribution in [-0.4, -0.2) is 11.2 Å². The molecule has 0 saturated heterocycles. The van der Waals surface area contributed by atoms with Crippen molar-refractivity contribution in [1.29, 1.82) is 0 Å². The molecule has 1 aromatic carbocycles. The van der Waals surface area contributed by atoms with Crippen LogP contribution in [0, 0.1) is 6.92 Å². The lowest BCUT2D eigenvalue weighted by atomic mass is 10.2. The fourth-order valence-corrected chi connectivity index (χ4v) is 2.21. The molecule has 0 aliphatic heterocycles. The molecule has 0 saturated carbocycles. The Morgan fingerprint density at radius 2 is 2.05 bits per heavy atom. The van der Waals surface area contributed by atoms with Crippen LogP contribution in [-0.2, 0) is 13.1 Å². The van der Waals surface area contributed by atoms with Crippen LogP contribution in [0.15, 0.2) is 36.5 Å². The van der Waals surface area contributed by atoms with E-state index in [0.717, 1.165) is 37.6 Å². The lowest BCUT2D eigenvalue weighted by Gasteiger charge is -2.14. The molecule has 3 heteroatoms. The Bertz CT molecular complexity index is 546. The van der Waals surface area contributed by atoms with Gasteiger partial charge in [0.1, 0.15) is 5.75 Å². The van der Waals surface area contributed by atoms with Gasteiger partial charge in [0.15, 0.2) is 0 Å². The van der Waals surface area contributed by atoms with Gasteiger partial charge in [-0.2, -0.15) is 0 Å². The number of hydrogen-bond donors (Lipinski definition) is 1. The van der Waals surface area contributed by atoms with Gasteiger partial charge in [0.2, 0.25) is 0 Å². The van der Waals surface area contributed by atoms with Crippen molar-refractivity contribution in [1.82, 2.24) is 4.57 Å². The second kappa shape index (κ2) is 7.04. The highest BCUT2D eigenvalue weighted by Gasteiger charge is 2.05. The Labute approximate surface area is 121 Å². The van der Waals surface area contributed by atoms with Crippen molar-refractivity contribution in [3.8, 4) is 5.75 Å². The summed E-state index contributed by atoms with van der Waals surface area (Å²) in [5.41, 5.74) is 3.57. The molecular weight excluding hydrogens is 248 g/mol. The highest BCUT2D eigenvalue weighted by atomic mass is 16.5. The second-order valence-electron chi connectivity index (χ2n) is 4.99. The maximum atomic E-state index is 5.82. The zero-order valence-corrected chi connectivity index (χ0v) is 12.6. The summed E-state index contributed by atoms with van der Waals surface area (Å²) >= 11 is 0. The smallest absolute Gasteiger partial charge is 0.142 e. The second-order valence-corrected chi connectivity index (χ2v) is 4.99. The van der Waals surface area contributed by atoms with Crippen molar-refractivity contribution >= 4 is 5.69 Å². The molecule has 0 unspecified atom stereocenters. The van der Waals surface area contributed by atoms with E-state index in [-0.39, 0.29) is 0 Å². The Kier molecular flexibility index (Phi) is 5.10. The first-order valence-corrected chi connectivity index (χ1v) is 7.36. The Hall–Kier alpha value is -1.90. The average Bonchev–Trinajstić information content (AvgIpc) is 2.91. The van der Waals surface area contributed by atoms with E-state index in [0.29, 0.717) is 0 Å². The van der Waals surface area contributed by atoms with Crippen LogP contribution in [0.25, 0.3) is 0 Å². The number of aromatic nitrogens is 1. The van der Waals surface area contributed by atoms with Gasteiger partial charge in [-0.1, -0.05) is 13.0 Å². The molecule has 0 bridgehead atoms. The number of nitrogens with zero attached hydrogens (tertiary/aromatic N) is 1. The van der Waals surface area contributed by atoms with Crippen LogP contribution in [0.5, 0.6) is 5.75 Å². The highest BCUT2D eigenvalue weighted by Crippen LogP contribution is 2.26. The monoisotopic (exact) mass is 272 g/mol. The Morgan fingerprint density at radius 1 is 1.20 bits per heavy atom. The van der Waals surface area contributed by atoms with Gasteiger partial charge < -0.3 is 14.6 Å². The minimum atomic E-state index is 0.753. The molecule has 0 spiro atoms. The van der Waals surface area contributed by atoms with Gasteiger partial charge in [-0.15, -0.1) is 0 Å². The predicted molar refractivity (Wildman–Crippen MR) is 84.4 cm³/mol. The molecule has 108 valence electrons. The summed E-state index contributed by atoms with van der Waals surface area (Å²) in [6.07, 6.45) is 3.13. The minimum absolute atomic E-state index is 0.753. The van der Waals surface area contributed by atoms with Gasteiger partial charge in [0.25, 0.3) is 0 Å². The molecule has 0 aliphatic carbocycles. The molecule has 1 heterocycles. The lowest BCUT2D eigenvalue weighted by molar-refractivity contribution is 0.318. The molecule has 20 heavy (non-hydrogen) atoms. The fraction of sp³-hybridized carbons (Fsp3) is 0.412. The van der Waals surface area contributed by atoms with Crippen LogP contribution < -0.4 is 10.1 Å². The molecule has 0 radical (unpaired) electrons. The Morgan fingerprint density at radius 3 is 2.80 bits per heavy atom. The summed E-state index contributed by atoms with van der Waals surface area (Å²) in [6, 6.07) is 10.5. The van der Waals surface area contributed by atoms with Crippen LogP contribution >= 0.6 is 0 Å². The number of rotatable bonds is 7. The van der Waals surface area contributed by atoms with Crippen molar-refractivity contribution in [2.75, 3.05) is 11.9 Å². The zero-order chi connectivity index (χ0) is 14.4. The van der Waals surface area contributed by atoms with Crippen molar-refractivity contribution in [2.45, 2.75) is 40.3 Å². The lowest BCUT2D eigenvalue weighted by Crippen LogP contribution is -2.07. The molecule has 0 fully saturated rings. The number of anilines is 1. The summed E-state index contributed by atoms with van der Waals surface area (Å²) < 4.78 is 8.07. The van der Waals surface area contributed by atoms with E-state index in [9.17, 15) is 0 Å². The first-order valence-electron chi connectivity index (χ1n) is 7.36. The quantitative estimate of drug-likeness (QED) is 0.817.